The van der Waals surface area contributed by atoms with Crippen LogP contribution in [0.2, 0.25) is 0 Å². The molecule has 1 amide bonds. The van der Waals surface area contributed by atoms with Crippen molar-refractivity contribution in [2.75, 3.05) is 20.3 Å². The third-order valence-electron chi connectivity index (χ3n) is 5.07. The quantitative estimate of drug-likeness (QED) is 0.793. The van der Waals surface area contributed by atoms with Crippen molar-refractivity contribution in [1.82, 2.24) is 19.7 Å². The second-order valence-electron chi connectivity index (χ2n) is 6.96. The summed E-state index contributed by atoms with van der Waals surface area (Å²) >= 11 is 0. The second kappa shape index (κ2) is 7.45. The highest BCUT2D eigenvalue weighted by atomic mass is 16.5. The van der Waals surface area contributed by atoms with E-state index in [1.807, 2.05) is 15.6 Å². The number of carbonyl (C=O) groups is 1. The van der Waals surface area contributed by atoms with Crippen molar-refractivity contribution in [3.8, 4) is 5.88 Å². The Morgan fingerprint density at radius 3 is 2.92 bits per heavy atom. The number of aryl methyl sites for hydroxylation is 1. The number of methoxy groups -OCH3 is 1. The summed E-state index contributed by atoms with van der Waals surface area (Å²) in [6, 6.07) is 5.50. The van der Waals surface area contributed by atoms with Gasteiger partial charge in [-0.25, -0.2) is 4.98 Å². The standard InChI is InChI=1S/C19H24N4O3/c1-25-18-17(3-2-8-20-18)19(24)22-11-15-6-9-21-23(15)10-7-16(22)13-26-12-14-4-5-14/h2-3,6,8-9,14,16H,4-5,7,10-13H2,1H3/t16-/m1/s1. The van der Waals surface area contributed by atoms with Crippen LogP contribution in [0.3, 0.4) is 0 Å². The smallest absolute Gasteiger partial charge is 0.260 e. The van der Waals surface area contributed by atoms with E-state index < -0.39 is 0 Å². The van der Waals surface area contributed by atoms with Crippen molar-refractivity contribution in [1.29, 1.82) is 0 Å². The van der Waals surface area contributed by atoms with Gasteiger partial charge in [-0.3, -0.25) is 9.48 Å². The van der Waals surface area contributed by atoms with Gasteiger partial charge in [-0.15, -0.1) is 0 Å². The van der Waals surface area contributed by atoms with Crippen molar-refractivity contribution in [2.45, 2.75) is 38.4 Å². The number of amides is 1. The summed E-state index contributed by atoms with van der Waals surface area (Å²) in [5, 5.41) is 4.37. The number of carbonyl (C=O) groups excluding carboxylic acids is 1. The minimum absolute atomic E-state index is 0.00728. The van der Waals surface area contributed by atoms with Gasteiger partial charge in [0.1, 0.15) is 5.56 Å². The Balaban J connectivity index is 1.57. The highest BCUT2D eigenvalue weighted by Gasteiger charge is 2.31. The Morgan fingerprint density at radius 2 is 2.12 bits per heavy atom. The lowest BCUT2D eigenvalue weighted by atomic mass is 10.1. The minimum atomic E-state index is -0.0791. The summed E-state index contributed by atoms with van der Waals surface area (Å²) < 4.78 is 13.2. The number of hydrogen-bond donors (Lipinski definition) is 0. The fourth-order valence-corrected chi connectivity index (χ4v) is 3.36. The van der Waals surface area contributed by atoms with Crippen LogP contribution in [0, 0.1) is 5.92 Å². The Bertz CT molecular complexity index is 772. The fourth-order valence-electron chi connectivity index (χ4n) is 3.36. The van der Waals surface area contributed by atoms with Gasteiger partial charge >= 0.3 is 0 Å². The third-order valence-corrected chi connectivity index (χ3v) is 5.07. The third kappa shape index (κ3) is 3.58. The molecule has 7 heteroatoms. The normalized spacial score (nSPS) is 19.7. The average Bonchev–Trinajstić information content (AvgIpc) is 3.43. The molecule has 0 aromatic carbocycles. The SMILES string of the molecule is COc1ncccc1C(=O)N1Cc2ccnn2CC[C@@H]1COCC1CC1. The first kappa shape index (κ1) is 17.0. The van der Waals surface area contributed by atoms with Crippen LogP contribution in [0.15, 0.2) is 30.6 Å². The van der Waals surface area contributed by atoms with Gasteiger partial charge in [0.15, 0.2) is 0 Å². The lowest BCUT2D eigenvalue weighted by Gasteiger charge is -2.30. The summed E-state index contributed by atoms with van der Waals surface area (Å²) in [6.07, 6.45) is 6.74. The van der Waals surface area contributed by atoms with Crippen LogP contribution in [-0.2, 0) is 17.8 Å². The number of rotatable bonds is 6. The van der Waals surface area contributed by atoms with E-state index in [1.54, 1.807) is 24.5 Å². The summed E-state index contributed by atoms with van der Waals surface area (Å²) in [5.74, 6) is 0.983. The Morgan fingerprint density at radius 1 is 1.23 bits per heavy atom. The molecule has 2 aliphatic rings. The highest BCUT2D eigenvalue weighted by molar-refractivity contribution is 5.96. The van der Waals surface area contributed by atoms with Gasteiger partial charge in [-0.05, 0) is 43.4 Å². The maximum atomic E-state index is 13.3. The molecule has 1 aliphatic heterocycles. The van der Waals surface area contributed by atoms with Crippen molar-refractivity contribution in [3.63, 3.8) is 0 Å². The van der Waals surface area contributed by atoms with Crippen LogP contribution < -0.4 is 4.74 Å². The molecule has 0 unspecified atom stereocenters. The van der Waals surface area contributed by atoms with E-state index in [9.17, 15) is 4.79 Å². The zero-order valence-electron chi connectivity index (χ0n) is 15.0. The van der Waals surface area contributed by atoms with Crippen LogP contribution >= 0.6 is 0 Å². The van der Waals surface area contributed by atoms with Crippen molar-refractivity contribution in [3.05, 3.63) is 41.9 Å². The molecule has 0 N–H and O–H groups in total. The van der Waals surface area contributed by atoms with Gasteiger partial charge < -0.3 is 14.4 Å². The summed E-state index contributed by atoms with van der Waals surface area (Å²) in [7, 11) is 1.53. The molecule has 138 valence electrons. The maximum absolute atomic E-state index is 13.3. The van der Waals surface area contributed by atoms with Crippen LogP contribution in [0.25, 0.3) is 0 Å². The Labute approximate surface area is 152 Å². The zero-order chi connectivity index (χ0) is 17.9. The molecule has 26 heavy (non-hydrogen) atoms. The van der Waals surface area contributed by atoms with E-state index >= 15 is 0 Å². The van der Waals surface area contributed by atoms with Crippen LogP contribution in [0.5, 0.6) is 5.88 Å². The second-order valence-corrected chi connectivity index (χ2v) is 6.96. The number of aromatic nitrogens is 3. The molecule has 2 aromatic rings. The topological polar surface area (TPSA) is 69.5 Å². The van der Waals surface area contributed by atoms with Crippen molar-refractivity contribution < 1.29 is 14.3 Å². The molecule has 7 nitrogen and oxygen atoms in total. The molecule has 1 aliphatic carbocycles. The summed E-state index contributed by atoms with van der Waals surface area (Å²) in [6.45, 7) is 2.64. The molecule has 0 spiro atoms. The predicted molar refractivity (Wildman–Crippen MR) is 94.8 cm³/mol. The lowest BCUT2D eigenvalue weighted by molar-refractivity contribution is 0.0368. The highest BCUT2D eigenvalue weighted by Crippen LogP contribution is 2.29. The number of nitrogens with zero attached hydrogens (tertiary/aromatic N) is 4. The van der Waals surface area contributed by atoms with Gasteiger partial charge in [-0.2, -0.15) is 5.10 Å². The molecular weight excluding hydrogens is 332 g/mol. The molecule has 0 bridgehead atoms. The first-order valence-corrected chi connectivity index (χ1v) is 9.14. The predicted octanol–water partition coefficient (Wildman–Crippen LogP) is 2.13. The number of fused-ring (bicyclic) bond motifs is 1. The average molecular weight is 356 g/mol. The molecule has 2 aromatic heterocycles. The van der Waals surface area contributed by atoms with Gasteiger partial charge in [0, 0.05) is 25.5 Å². The van der Waals surface area contributed by atoms with Gasteiger partial charge in [0.2, 0.25) is 5.88 Å². The van der Waals surface area contributed by atoms with Crippen LogP contribution in [-0.4, -0.2) is 51.9 Å². The van der Waals surface area contributed by atoms with Crippen LogP contribution in [0.1, 0.15) is 35.3 Å². The first-order chi connectivity index (χ1) is 12.8. The zero-order valence-corrected chi connectivity index (χ0v) is 15.0. The van der Waals surface area contributed by atoms with E-state index in [2.05, 4.69) is 10.1 Å². The molecule has 3 heterocycles. The largest absolute Gasteiger partial charge is 0.480 e. The fraction of sp³-hybridized carbons (Fsp3) is 0.526. The molecule has 0 radical (unpaired) electrons. The molecule has 1 fully saturated rings. The van der Waals surface area contributed by atoms with E-state index in [1.165, 1.54) is 20.0 Å². The van der Waals surface area contributed by atoms with Gasteiger partial charge in [-0.1, -0.05) is 0 Å². The molecule has 1 saturated carbocycles. The number of pyridine rings is 1. The van der Waals surface area contributed by atoms with Crippen molar-refractivity contribution in [2.24, 2.45) is 5.92 Å². The first-order valence-electron chi connectivity index (χ1n) is 9.14. The molecule has 4 rings (SSSR count). The van der Waals surface area contributed by atoms with Gasteiger partial charge in [0.25, 0.3) is 5.91 Å². The van der Waals surface area contributed by atoms with Crippen LogP contribution in [0.4, 0.5) is 0 Å². The monoisotopic (exact) mass is 356 g/mol. The van der Waals surface area contributed by atoms with E-state index in [-0.39, 0.29) is 11.9 Å². The molecule has 0 saturated heterocycles. The van der Waals surface area contributed by atoms with E-state index in [0.717, 1.165) is 25.3 Å². The summed E-state index contributed by atoms with van der Waals surface area (Å²) in [4.78, 5) is 19.4. The van der Waals surface area contributed by atoms with Crippen molar-refractivity contribution >= 4 is 5.91 Å². The van der Waals surface area contributed by atoms with Gasteiger partial charge in [0.05, 0.1) is 32.0 Å². The number of ether oxygens (including phenoxy) is 2. The Hall–Kier alpha value is -2.41. The van der Waals surface area contributed by atoms with E-state index in [4.69, 9.17) is 9.47 Å². The molecule has 1 atom stereocenters. The van der Waals surface area contributed by atoms with E-state index in [0.29, 0.717) is 30.5 Å². The minimum Gasteiger partial charge on any atom is -0.480 e. The maximum Gasteiger partial charge on any atom is 0.260 e. The number of hydrogen-bond acceptors (Lipinski definition) is 5. The Kier molecular flexibility index (Phi) is 4.88. The lowest BCUT2D eigenvalue weighted by Crippen LogP contribution is -2.42. The summed E-state index contributed by atoms with van der Waals surface area (Å²) in [5.41, 5.74) is 1.51. The molecular formula is C19H24N4O3.